The molecule has 2 aromatic rings. The van der Waals surface area contributed by atoms with Crippen molar-refractivity contribution in [1.82, 2.24) is 5.32 Å². The number of esters is 1. The number of nitrogens with zero attached hydrogens (tertiary/aromatic N) is 1. The second kappa shape index (κ2) is 8.49. The fourth-order valence-corrected chi connectivity index (χ4v) is 2.98. The van der Waals surface area contributed by atoms with Crippen molar-refractivity contribution in [2.24, 2.45) is 5.92 Å². The number of hydrogen-bond donors (Lipinski definition) is 1. The summed E-state index contributed by atoms with van der Waals surface area (Å²) < 4.78 is 5.16. The molecule has 1 saturated heterocycles. The molecule has 0 bridgehead atoms. The van der Waals surface area contributed by atoms with Crippen molar-refractivity contribution in [2.75, 3.05) is 24.6 Å². The fourth-order valence-electron chi connectivity index (χ4n) is 2.98. The van der Waals surface area contributed by atoms with Crippen molar-refractivity contribution in [1.29, 1.82) is 0 Å². The lowest BCUT2D eigenvalue weighted by Gasteiger charge is -2.16. The summed E-state index contributed by atoms with van der Waals surface area (Å²) in [6.07, 6.45) is 0.184. The minimum atomic E-state index is -0.421. The number of amides is 2. The molecule has 6 heteroatoms. The summed E-state index contributed by atoms with van der Waals surface area (Å²) in [6, 6.07) is 16.4. The van der Waals surface area contributed by atoms with Crippen LogP contribution in [0.2, 0.25) is 0 Å². The summed E-state index contributed by atoms with van der Waals surface area (Å²) >= 11 is 0. The lowest BCUT2D eigenvalue weighted by Crippen LogP contribution is -2.35. The van der Waals surface area contributed by atoms with E-state index in [0.29, 0.717) is 12.1 Å². The summed E-state index contributed by atoms with van der Waals surface area (Å²) in [7, 11) is 0. The number of aryl methyl sites for hydroxylation is 1. The van der Waals surface area contributed by atoms with Crippen molar-refractivity contribution in [3.05, 3.63) is 65.7 Å². The van der Waals surface area contributed by atoms with Gasteiger partial charge in [0, 0.05) is 18.7 Å². The molecule has 140 valence electrons. The largest absolute Gasteiger partial charge is 0.460 e. The molecule has 0 aliphatic carbocycles. The Bertz CT molecular complexity index is 818. The SMILES string of the molecule is Cc1ccc(C(=O)OCCNC(=O)C2CC(=O)N(c3ccccc3)C2)cc1. The van der Waals surface area contributed by atoms with E-state index in [-0.39, 0.29) is 31.4 Å². The Morgan fingerprint density at radius 2 is 1.81 bits per heavy atom. The Morgan fingerprint density at radius 3 is 2.52 bits per heavy atom. The van der Waals surface area contributed by atoms with Crippen LogP contribution in [0.5, 0.6) is 0 Å². The van der Waals surface area contributed by atoms with Gasteiger partial charge in [0.15, 0.2) is 0 Å². The summed E-state index contributed by atoms with van der Waals surface area (Å²) in [4.78, 5) is 38.0. The average molecular weight is 366 g/mol. The fraction of sp³-hybridized carbons (Fsp3) is 0.286. The van der Waals surface area contributed by atoms with Crippen molar-refractivity contribution < 1.29 is 19.1 Å². The molecule has 3 rings (SSSR count). The van der Waals surface area contributed by atoms with E-state index in [0.717, 1.165) is 11.3 Å². The molecular weight excluding hydrogens is 344 g/mol. The molecule has 1 N–H and O–H groups in total. The number of rotatable bonds is 6. The van der Waals surface area contributed by atoms with Gasteiger partial charge in [-0.1, -0.05) is 35.9 Å². The van der Waals surface area contributed by atoms with Crippen molar-refractivity contribution in [3.8, 4) is 0 Å². The topological polar surface area (TPSA) is 75.7 Å². The quantitative estimate of drug-likeness (QED) is 0.629. The van der Waals surface area contributed by atoms with Gasteiger partial charge in [0.25, 0.3) is 0 Å². The third-order valence-corrected chi connectivity index (χ3v) is 4.49. The van der Waals surface area contributed by atoms with Gasteiger partial charge < -0.3 is 15.0 Å². The number of carbonyl (C=O) groups is 3. The van der Waals surface area contributed by atoms with Gasteiger partial charge in [-0.15, -0.1) is 0 Å². The van der Waals surface area contributed by atoms with Crippen LogP contribution in [0.1, 0.15) is 22.3 Å². The molecule has 0 aromatic heterocycles. The number of ether oxygens (including phenoxy) is 1. The van der Waals surface area contributed by atoms with Gasteiger partial charge in [-0.2, -0.15) is 0 Å². The summed E-state index contributed by atoms with van der Waals surface area (Å²) in [5, 5.41) is 2.74. The molecule has 6 nitrogen and oxygen atoms in total. The lowest BCUT2D eigenvalue weighted by molar-refractivity contribution is -0.126. The van der Waals surface area contributed by atoms with E-state index >= 15 is 0 Å². The normalized spacial score (nSPS) is 16.3. The van der Waals surface area contributed by atoms with E-state index < -0.39 is 11.9 Å². The monoisotopic (exact) mass is 366 g/mol. The van der Waals surface area contributed by atoms with Crippen LogP contribution < -0.4 is 10.2 Å². The second-order valence-corrected chi connectivity index (χ2v) is 6.53. The van der Waals surface area contributed by atoms with Gasteiger partial charge in [0.05, 0.1) is 18.0 Å². The standard InChI is InChI=1S/C21H22N2O4/c1-15-7-9-16(10-8-15)21(26)27-12-11-22-20(25)17-13-19(24)23(14-17)18-5-3-2-4-6-18/h2-10,17H,11-14H2,1H3,(H,22,25). The average Bonchev–Trinajstić information content (AvgIpc) is 3.08. The van der Waals surface area contributed by atoms with Gasteiger partial charge >= 0.3 is 5.97 Å². The number of anilines is 1. The molecule has 1 heterocycles. The van der Waals surface area contributed by atoms with E-state index in [1.807, 2.05) is 49.4 Å². The third kappa shape index (κ3) is 4.73. The van der Waals surface area contributed by atoms with Gasteiger partial charge in [-0.05, 0) is 31.2 Å². The maximum Gasteiger partial charge on any atom is 0.338 e. The minimum absolute atomic E-state index is 0.0628. The summed E-state index contributed by atoms with van der Waals surface area (Å²) in [5.41, 5.74) is 2.34. The van der Waals surface area contributed by atoms with Crippen molar-refractivity contribution in [2.45, 2.75) is 13.3 Å². The predicted octanol–water partition coefficient (Wildman–Crippen LogP) is 2.32. The minimum Gasteiger partial charge on any atom is -0.460 e. The van der Waals surface area contributed by atoms with Crippen LogP contribution >= 0.6 is 0 Å². The molecule has 2 aromatic carbocycles. The predicted molar refractivity (Wildman–Crippen MR) is 101 cm³/mol. The number of benzene rings is 2. The van der Waals surface area contributed by atoms with Gasteiger partial charge in [-0.25, -0.2) is 4.79 Å². The summed E-state index contributed by atoms with van der Waals surface area (Å²) in [6.45, 7) is 2.60. The van der Waals surface area contributed by atoms with Crippen LogP contribution in [-0.4, -0.2) is 37.5 Å². The van der Waals surface area contributed by atoms with E-state index in [1.165, 1.54) is 0 Å². The van der Waals surface area contributed by atoms with Crippen LogP contribution in [0, 0.1) is 12.8 Å². The smallest absolute Gasteiger partial charge is 0.338 e. The number of hydrogen-bond acceptors (Lipinski definition) is 4. The molecule has 1 aliphatic heterocycles. The molecule has 2 amide bonds. The highest BCUT2D eigenvalue weighted by Crippen LogP contribution is 2.24. The highest BCUT2D eigenvalue weighted by Gasteiger charge is 2.34. The highest BCUT2D eigenvalue weighted by molar-refractivity contribution is 6.00. The van der Waals surface area contributed by atoms with E-state index in [1.54, 1.807) is 17.0 Å². The molecule has 27 heavy (non-hydrogen) atoms. The molecule has 0 spiro atoms. The Balaban J connectivity index is 1.43. The molecule has 0 radical (unpaired) electrons. The molecule has 1 aliphatic rings. The Hall–Kier alpha value is -3.15. The Labute approximate surface area is 158 Å². The zero-order valence-electron chi connectivity index (χ0n) is 15.2. The first kappa shape index (κ1) is 18.6. The molecule has 1 unspecified atom stereocenters. The first-order valence-corrected chi connectivity index (χ1v) is 8.91. The molecule has 1 atom stereocenters. The van der Waals surface area contributed by atoms with Crippen LogP contribution in [0.3, 0.4) is 0 Å². The van der Waals surface area contributed by atoms with Crippen LogP contribution in [0.15, 0.2) is 54.6 Å². The maximum absolute atomic E-state index is 12.3. The number of para-hydroxylation sites is 1. The van der Waals surface area contributed by atoms with Gasteiger partial charge in [-0.3, -0.25) is 9.59 Å². The van der Waals surface area contributed by atoms with E-state index in [9.17, 15) is 14.4 Å². The van der Waals surface area contributed by atoms with Crippen LogP contribution in [0.4, 0.5) is 5.69 Å². The zero-order valence-corrected chi connectivity index (χ0v) is 15.2. The first-order valence-electron chi connectivity index (χ1n) is 8.91. The van der Waals surface area contributed by atoms with Crippen LogP contribution in [-0.2, 0) is 14.3 Å². The highest BCUT2D eigenvalue weighted by atomic mass is 16.5. The molecular formula is C21H22N2O4. The molecule has 1 fully saturated rings. The van der Waals surface area contributed by atoms with Gasteiger partial charge in [0.1, 0.15) is 6.61 Å². The lowest BCUT2D eigenvalue weighted by atomic mass is 10.1. The number of nitrogens with one attached hydrogen (secondary N) is 1. The third-order valence-electron chi connectivity index (χ3n) is 4.49. The van der Waals surface area contributed by atoms with E-state index in [2.05, 4.69) is 5.32 Å². The first-order chi connectivity index (χ1) is 13.0. The van der Waals surface area contributed by atoms with Crippen molar-refractivity contribution >= 4 is 23.5 Å². The van der Waals surface area contributed by atoms with Gasteiger partial charge in [0.2, 0.25) is 11.8 Å². The maximum atomic E-state index is 12.3. The van der Waals surface area contributed by atoms with Crippen molar-refractivity contribution in [3.63, 3.8) is 0 Å². The Morgan fingerprint density at radius 1 is 1.11 bits per heavy atom. The van der Waals surface area contributed by atoms with Crippen LogP contribution in [0.25, 0.3) is 0 Å². The summed E-state index contributed by atoms with van der Waals surface area (Å²) in [5.74, 6) is -1.08. The van der Waals surface area contributed by atoms with E-state index in [4.69, 9.17) is 4.74 Å². The second-order valence-electron chi connectivity index (χ2n) is 6.53. The zero-order chi connectivity index (χ0) is 19.2. The number of carbonyl (C=O) groups excluding carboxylic acids is 3. The Kier molecular flexibility index (Phi) is 5.86. The molecule has 0 saturated carbocycles.